The molecular formula is C12H24N2O5S. The molecule has 1 heterocycles. The maximum atomic E-state index is 12.3. The van der Waals surface area contributed by atoms with Crippen LogP contribution in [-0.4, -0.2) is 78.9 Å². The zero-order valence-electron chi connectivity index (χ0n) is 11.9. The van der Waals surface area contributed by atoms with Crippen molar-refractivity contribution in [3.05, 3.63) is 0 Å². The molecule has 118 valence electrons. The fraction of sp³-hybridized carbons (Fsp3) is 0.917. The number of aliphatic carboxylic acids is 1. The fourth-order valence-electron chi connectivity index (χ4n) is 2.45. The molecule has 1 saturated heterocycles. The van der Waals surface area contributed by atoms with Gasteiger partial charge in [0, 0.05) is 19.0 Å². The molecule has 1 aliphatic rings. The number of carboxylic acids is 1. The molecule has 8 heteroatoms. The normalized spacial score (nSPS) is 18.6. The number of sulfonamides is 1. The first-order valence-electron chi connectivity index (χ1n) is 6.87. The van der Waals surface area contributed by atoms with E-state index in [2.05, 4.69) is 4.90 Å². The van der Waals surface area contributed by atoms with Gasteiger partial charge in [-0.1, -0.05) is 0 Å². The van der Waals surface area contributed by atoms with Crippen LogP contribution in [0.15, 0.2) is 0 Å². The smallest absolute Gasteiger partial charge is 0.303 e. The number of likely N-dealkylation sites (tertiary alicyclic amines) is 1. The van der Waals surface area contributed by atoms with Crippen LogP contribution in [0, 0.1) is 0 Å². The van der Waals surface area contributed by atoms with Crippen molar-refractivity contribution < 1.29 is 23.4 Å². The van der Waals surface area contributed by atoms with Crippen LogP contribution in [0.5, 0.6) is 0 Å². The fourth-order valence-corrected chi connectivity index (χ4v) is 4.22. The summed E-state index contributed by atoms with van der Waals surface area (Å²) in [7, 11) is -1.51. The molecule has 1 aliphatic heterocycles. The second kappa shape index (κ2) is 7.92. The number of nitrogens with zero attached hydrogens (tertiary/aromatic N) is 2. The molecule has 0 aromatic rings. The van der Waals surface area contributed by atoms with E-state index in [1.165, 1.54) is 4.31 Å². The summed E-state index contributed by atoms with van der Waals surface area (Å²) in [5.41, 5.74) is 0. The maximum Gasteiger partial charge on any atom is 0.303 e. The molecule has 0 spiro atoms. The SMILES string of the molecule is CN1CCC(N(CCO)S(=O)(=O)CCCC(=O)O)CC1. The molecule has 0 amide bonds. The van der Waals surface area contributed by atoms with Crippen LogP contribution in [0.25, 0.3) is 0 Å². The Kier molecular flexibility index (Phi) is 6.87. The van der Waals surface area contributed by atoms with Crippen LogP contribution in [-0.2, 0) is 14.8 Å². The van der Waals surface area contributed by atoms with Gasteiger partial charge in [0.1, 0.15) is 0 Å². The Balaban J connectivity index is 2.65. The molecule has 0 atom stereocenters. The van der Waals surface area contributed by atoms with Gasteiger partial charge >= 0.3 is 5.97 Å². The molecule has 2 N–H and O–H groups in total. The van der Waals surface area contributed by atoms with Crippen molar-refractivity contribution in [3.63, 3.8) is 0 Å². The van der Waals surface area contributed by atoms with Gasteiger partial charge in [-0.3, -0.25) is 4.79 Å². The van der Waals surface area contributed by atoms with Gasteiger partial charge in [0.25, 0.3) is 0 Å². The van der Waals surface area contributed by atoms with Gasteiger partial charge in [0.15, 0.2) is 0 Å². The quantitative estimate of drug-likeness (QED) is 0.631. The monoisotopic (exact) mass is 308 g/mol. The summed E-state index contributed by atoms with van der Waals surface area (Å²) in [5, 5.41) is 17.7. The van der Waals surface area contributed by atoms with Crippen LogP contribution in [0.1, 0.15) is 25.7 Å². The first-order chi connectivity index (χ1) is 9.36. The van der Waals surface area contributed by atoms with Gasteiger partial charge in [-0.25, -0.2) is 8.42 Å². The van der Waals surface area contributed by atoms with Crippen molar-refractivity contribution in [1.82, 2.24) is 9.21 Å². The lowest BCUT2D eigenvalue weighted by Crippen LogP contribution is -2.48. The Morgan fingerprint density at radius 3 is 2.45 bits per heavy atom. The van der Waals surface area contributed by atoms with E-state index in [9.17, 15) is 13.2 Å². The number of hydrogen-bond acceptors (Lipinski definition) is 5. The topological polar surface area (TPSA) is 98.2 Å². The highest BCUT2D eigenvalue weighted by Gasteiger charge is 2.31. The average molecular weight is 308 g/mol. The van der Waals surface area contributed by atoms with E-state index < -0.39 is 16.0 Å². The van der Waals surface area contributed by atoms with Crippen molar-refractivity contribution in [1.29, 1.82) is 0 Å². The largest absolute Gasteiger partial charge is 0.481 e. The zero-order valence-corrected chi connectivity index (χ0v) is 12.7. The van der Waals surface area contributed by atoms with Gasteiger partial charge in [-0.2, -0.15) is 4.31 Å². The number of aliphatic hydroxyl groups excluding tert-OH is 1. The van der Waals surface area contributed by atoms with E-state index >= 15 is 0 Å². The van der Waals surface area contributed by atoms with Gasteiger partial charge in [-0.05, 0) is 39.4 Å². The van der Waals surface area contributed by atoms with Crippen LogP contribution in [0.4, 0.5) is 0 Å². The van der Waals surface area contributed by atoms with E-state index in [0.29, 0.717) is 0 Å². The van der Waals surface area contributed by atoms with Crippen LogP contribution >= 0.6 is 0 Å². The Morgan fingerprint density at radius 2 is 1.95 bits per heavy atom. The second-order valence-electron chi connectivity index (χ2n) is 5.18. The molecule has 0 aliphatic carbocycles. The molecule has 1 rings (SSSR count). The average Bonchev–Trinajstić information content (AvgIpc) is 2.36. The molecule has 0 unspecified atom stereocenters. The molecular weight excluding hydrogens is 284 g/mol. The minimum atomic E-state index is -3.51. The first kappa shape index (κ1) is 17.4. The molecule has 0 aromatic heterocycles. The van der Waals surface area contributed by atoms with E-state index in [1.807, 2.05) is 7.05 Å². The van der Waals surface area contributed by atoms with Gasteiger partial charge in [0.2, 0.25) is 10.0 Å². The van der Waals surface area contributed by atoms with E-state index in [-0.39, 0.29) is 37.8 Å². The third kappa shape index (κ3) is 5.35. The summed E-state index contributed by atoms with van der Waals surface area (Å²) in [5.74, 6) is -1.17. The third-order valence-electron chi connectivity index (χ3n) is 3.57. The van der Waals surface area contributed by atoms with E-state index in [1.54, 1.807) is 0 Å². The molecule has 0 saturated carbocycles. The highest BCUT2D eigenvalue weighted by Crippen LogP contribution is 2.19. The van der Waals surface area contributed by atoms with Crippen molar-refractivity contribution in [3.8, 4) is 0 Å². The number of aliphatic hydroxyl groups is 1. The van der Waals surface area contributed by atoms with Gasteiger partial charge in [-0.15, -0.1) is 0 Å². The van der Waals surface area contributed by atoms with Crippen LogP contribution in [0.3, 0.4) is 0 Å². The highest BCUT2D eigenvalue weighted by atomic mass is 32.2. The summed E-state index contributed by atoms with van der Waals surface area (Å²) in [4.78, 5) is 12.6. The molecule has 7 nitrogen and oxygen atoms in total. The second-order valence-corrected chi connectivity index (χ2v) is 7.22. The van der Waals surface area contributed by atoms with Crippen molar-refractivity contribution in [2.45, 2.75) is 31.7 Å². The Bertz CT molecular complexity index is 404. The maximum absolute atomic E-state index is 12.3. The number of piperidine rings is 1. The van der Waals surface area contributed by atoms with Crippen molar-refractivity contribution in [2.75, 3.05) is 39.0 Å². The predicted molar refractivity (Wildman–Crippen MR) is 75.0 cm³/mol. The predicted octanol–water partition coefficient (Wildman–Crippen LogP) is -0.430. The highest BCUT2D eigenvalue weighted by molar-refractivity contribution is 7.89. The number of hydrogen-bond donors (Lipinski definition) is 2. The Hall–Kier alpha value is -0.700. The molecule has 20 heavy (non-hydrogen) atoms. The summed E-state index contributed by atoms with van der Waals surface area (Å²) in [6.45, 7) is 1.53. The minimum Gasteiger partial charge on any atom is -0.481 e. The number of rotatable bonds is 8. The summed E-state index contributed by atoms with van der Waals surface area (Å²) < 4.78 is 25.9. The lowest BCUT2D eigenvalue weighted by atomic mass is 10.1. The number of carboxylic acid groups (broad SMARTS) is 1. The molecule has 1 fully saturated rings. The molecule has 0 bridgehead atoms. The Labute approximate surface area is 120 Å². The Morgan fingerprint density at radius 1 is 1.35 bits per heavy atom. The third-order valence-corrected chi connectivity index (χ3v) is 5.57. The first-order valence-corrected chi connectivity index (χ1v) is 8.48. The van der Waals surface area contributed by atoms with Crippen LogP contribution in [0.2, 0.25) is 0 Å². The van der Waals surface area contributed by atoms with Crippen molar-refractivity contribution in [2.24, 2.45) is 0 Å². The lowest BCUT2D eigenvalue weighted by Gasteiger charge is -2.36. The summed E-state index contributed by atoms with van der Waals surface area (Å²) >= 11 is 0. The van der Waals surface area contributed by atoms with E-state index in [4.69, 9.17) is 10.2 Å². The number of carbonyl (C=O) groups is 1. The van der Waals surface area contributed by atoms with E-state index in [0.717, 1.165) is 25.9 Å². The standard InChI is InChI=1S/C12H24N2O5S/c1-13-6-4-11(5-7-13)14(8-9-15)20(18,19)10-2-3-12(16)17/h11,15H,2-10H2,1H3,(H,16,17). The minimum absolute atomic E-state index is 0.0871. The molecule has 0 radical (unpaired) electrons. The van der Waals surface area contributed by atoms with Gasteiger partial charge in [0.05, 0.1) is 12.4 Å². The zero-order chi connectivity index (χ0) is 15.2. The molecule has 0 aromatic carbocycles. The van der Waals surface area contributed by atoms with Gasteiger partial charge < -0.3 is 15.1 Å². The lowest BCUT2D eigenvalue weighted by molar-refractivity contribution is -0.137. The summed E-state index contributed by atoms with van der Waals surface area (Å²) in [6, 6.07) is -0.0896. The van der Waals surface area contributed by atoms with Crippen molar-refractivity contribution >= 4 is 16.0 Å². The van der Waals surface area contributed by atoms with Crippen LogP contribution < -0.4 is 0 Å². The summed E-state index contributed by atoms with van der Waals surface area (Å²) in [6.07, 6.45) is 1.44.